The number of benzene rings is 1. The van der Waals surface area contributed by atoms with Crippen LogP contribution in [0, 0.1) is 0 Å². The van der Waals surface area contributed by atoms with Crippen LogP contribution in [0.25, 0.3) is 0 Å². The number of hydrogen-bond donors (Lipinski definition) is 3. The maximum absolute atomic E-state index is 5.74. The summed E-state index contributed by atoms with van der Waals surface area (Å²) in [5.74, 6) is 0. The van der Waals surface area contributed by atoms with Crippen LogP contribution >= 0.6 is 11.8 Å². The van der Waals surface area contributed by atoms with Crippen LogP contribution in [0.1, 0.15) is 12.8 Å². The van der Waals surface area contributed by atoms with Crippen LogP contribution in [0.5, 0.6) is 0 Å². The molecule has 1 aliphatic rings. The van der Waals surface area contributed by atoms with Crippen molar-refractivity contribution in [3.8, 4) is 0 Å². The molecule has 1 aromatic carbocycles. The molecular formula is C11H17N3S. The lowest BCUT2D eigenvalue weighted by molar-refractivity contribution is 0.949. The van der Waals surface area contributed by atoms with Crippen LogP contribution < -0.4 is 16.8 Å². The Bertz CT molecular complexity index is 361. The van der Waals surface area contributed by atoms with Gasteiger partial charge in [0, 0.05) is 17.0 Å². The highest BCUT2D eigenvalue weighted by atomic mass is 32.2. The number of nitrogens with two attached hydrogens (primary N) is 2. The second-order valence-corrected chi connectivity index (χ2v) is 5.36. The van der Waals surface area contributed by atoms with Gasteiger partial charge in [0.25, 0.3) is 0 Å². The quantitative estimate of drug-likeness (QED) is 0.684. The van der Waals surface area contributed by atoms with E-state index in [1.54, 1.807) is 0 Å². The average Bonchev–Trinajstić information content (AvgIpc) is 3.01. The van der Waals surface area contributed by atoms with E-state index in [9.17, 15) is 0 Å². The van der Waals surface area contributed by atoms with E-state index in [0.717, 1.165) is 12.2 Å². The molecule has 0 aliphatic heterocycles. The molecule has 15 heavy (non-hydrogen) atoms. The molecule has 1 aromatic rings. The Morgan fingerprint density at radius 3 is 2.60 bits per heavy atom. The molecule has 0 bridgehead atoms. The molecular weight excluding hydrogens is 206 g/mol. The first-order chi connectivity index (χ1) is 7.15. The van der Waals surface area contributed by atoms with Gasteiger partial charge in [-0.1, -0.05) is 0 Å². The van der Waals surface area contributed by atoms with Crippen molar-refractivity contribution < 1.29 is 0 Å². The van der Waals surface area contributed by atoms with Gasteiger partial charge in [-0.15, -0.1) is 0 Å². The normalized spacial score (nSPS) is 17.4. The summed E-state index contributed by atoms with van der Waals surface area (Å²) in [6, 6.07) is 5.71. The van der Waals surface area contributed by atoms with Gasteiger partial charge in [-0.25, -0.2) is 0 Å². The zero-order valence-corrected chi connectivity index (χ0v) is 9.73. The summed E-state index contributed by atoms with van der Waals surface area (Å²) >= 11 is 1.95. The maximum atomic E-state index is 5.74. The zero-order valence-electron chi connectivity index (χ0n) is 8.92. The van der Waals surface area contributed by atoms with Crippen molar-refractivity contribution in [1.82, 2.24) is 0 Å². The van der Waals surface area contributed by atoms with Crippen LogP contribution in [0.4, 0.5) is 17.1 Å². The summed E-state index contributed by atoms with van der Waals surface area (Å²) in [7, 11) is 0. The molecule has 0 radical (unpaired) electrons. The molecule has 0 atom stereocenters. The zero-order chi connectivity index (χ0) is 10.9. The summed E-state index contributed by atoms with van der Waals surface area (Å²) in [4.78, 5) is 0. The number of rotatable bonds is 4. The number of hydrogen-bond acceptors (Lipinski definition) is 4. The Labute approximate surface area is 94.6 Å². The predicted molar refractivity (Wildman–Crippen MR) is 69.2 cm³/mol. The summed E-state index contributed by atoms with van der Waals surface area (Å²) < 4.78 is 0.468. The lowest BCUT2D eigenvalue weighted by atomic mass is 10.2. The van der Waals surface area contributed by atoms with Crippen LogP contribution in [-0.4, -0.2) is 17.5 Å². The second-order valence-electron chi connectivity index (χ2n) is 4.08. The Morgan fingerprint density at radius 1 is 1.33 bits per heavy atom. The molecule has 1 fully saturated rings. The molecule has 5 N–H and O–H groups in total. The van der Waals surface area contributed by atoms with Crippen molar-refractivity contribution in [2.75, 3.05) is 29.6 Å². The predicted octanol–water partition coefficient (Wildman–Crippen LogP) is 2.16. The minimum atomic E-state index is 0.468. The van der Waals surface area contributed by atoms with E-state index in [4.69, 9.17) is 11.5 Å². The highest BCUT2D eigenvalue weighted by Crippen LogP contribution is 2.47. The average molecular weight is 223 g/mol. The van der Waals surface area contributed by atoms with Crippen LogP contribution in [0.15, 0.2) is 18.2 Å². The molecule has 3 nitrogen and oxygen atoms in total. The topological polar surface area (TPSA) is 64.1 Å². The van der Waals surface area contributed by atoms with E-state index in [0.29, 0.717) is 16.1 Å². The molecule has 82 valence electrons. The van der Waals surface area contributed by atoms with Gasteiger partial charge in [0.05, 0.1) is 11.4 Å². The van der Waals surface area contributed by atoms with E-state index in [1.807, 2.05) is 30.0 Å². The molecule has 0 heterocycles. The Balaban J connectivity index is 1.96. The van der Waals surface area contributed by atoms with Gasteiger partial charge < -0.3 is 16.8 Å². The van der Waals surface area contributed by atoms with Crippen molar-refractivity contribution >= 4 is 28.8 Å². The first-order valence-corrected chi connectivity index (χ1v) is 6.32. The SMILES string of the molecule is CSC1(CNc2ccc(N)c(N)c2)CC1. The Kier molecular flexibility index (Phi) is 2.69. The van der Waals surface area contributed by atoms with Gasteiger partial charge in [-0.05, 0) is 37.3 Å². The van der Waals surface area contributed by atoms with E-state index in [1.165, 1.54) is 12.8 Å². The van der Waals surface area contributed by atoms with Crippen molar-refractivity contribution in [3.63, 3.8) is 0 Å². The molecule has 1 aliphatic carbocycles. The first kappa shape index (κ1) is 10.5. The van der Waals surface area contributed by atoms with Gasteiger partial charge in [0.1, 0.15) is 0 Å². The molecule has 2 rings (SSSR count). The van der Waals surface area contributed by atoms with E-state index in [-0.39, 0.29) is 0 Å². The molecule has 0 saturated heterocycles. The van der Waals surface area contributed by atoms with Crippen molar-refractivity contribution in [1.29, 1.82) is 0 Å². The Morgan fingerprint density at radius 2 is 2.07 bits per heavy atom. The Hall–Kier alpha value is -1.03. The molecule has 0 spiro atoms. The minimum absolute atomic E-state index is 0.468. The monoisotopic (exact) mass is 223 g/mol. The lowest BCUT2D eigenvalue weighted by Gasteiger charge is -2.14. The third-order valence-corrected chi connectivity index (χ3v) is 4.36. The summed E-state index contributed by atoms with van der Waals surface area (Å²) in [6.07, 6.45) is 4.79. The number of anilines is 3. The van der Waals surface area contributed by atoms with E-state index >= 15 is 0 Å². The highest BCUT2D eigenvalue weighted by Gasteiger charge is 2.41. The van der Waals surface area contributed by atoms with Gasteiger partial charge in [0.15, 0.2) is 0 Å². The maximum Gasteiger partial charge on any atom is 0.0568 e. The minimum Gasteiger partial charge on any atom is -0.397 e. The highest BCUT2D eigenvalue weighted by molar-refractivity contribution is 8.00. The fraction of sp³-hybridized carbons (Fsp3) is 0.455. The number of thioether (sulfide) groups is 1. The number of nitrogens with one attached hydrogen (secondary N) is 1. The lowest BCUT2D eigenvalue weighted by Crippen LogP contribution is -2.17. The molecule has 0 aromatic heterocycles. The largest absolute Gasteiger partial charge is 0.397 e. The summed E-state index contributed by atoms with van der Waals surface area (Å²) in [5.41, 5.74) is 13.7. The van der Waals surface area contributed by atoms with Crippen LogP contribution in [0.2, 0.25) is 0 Å². The number of nitrogen functional groups attached to an aromatic ring is 2. The third-order valence-electron chi connectivity index (χ3n) is 2.94. The fourth-order valence-electron chi connectivity index (χ4n) is 1.54. The molecule has 0 amide bonds. The molecule has 4 heteroatoms. The second kappa shape index (κ2) is 3.85. The smallest absolute Gasteiger partial charge is 0.0568 e. The fourth-order valence-corrected chi connectivity index (χ4v) is 2.27. The van der Waals surface area contributed by atoms with Gasteiger partial charge in [-0.2, -0.15) is 11.8 Å². The van der Waals surface area contributed by atoms with E-state index in [2.05, 4.69) is 11.6 Å². The summed E-state index contributed by atoms with van der Waals surface area (Å²) in [5, 5.41) is 3.41. The summed E-state index contributed by atoms with van der Waals surface area (Å²) in [6.45, 7) is 1.01. The van der Waals surface area contributed by atoms with Crippen molar-refractivity contribution in [2.45, 2.75) is 17.6 Å². The van der Waals surface area contributed by atoms with E-state index < -0.39 is 0 Å². The van der Waals surface area contributed by atoms with Gasteiger partial charge >= 0.3 is 0 Å². The van der Waals surface area contributed by atoms with Gasteiger partial charge in [0.2, 0.25) is 0 Å². The third kappa shape index (κ3) is 2.31. The van der Waals surface area contributed by atoms with Crippen molar-refractivity contribution in [2.24, 2.45) is 0 Å². The first-order valence-electron chi connectivity index (χ1n) is 5.09. The van der Waals surface area contributed by atoms with Crippen LogP contribution in [-0.2, 0) is 0 Å². The van der Waals surface area contributed by atoms with Gasteiger partial charge in [-0.3, -0.25) is 0 Å². The standard InChI is InChI=1S/C11H17N3S/c1-15-11(4-5-11)7-14-8-2-3-9(12)10(13)6-8/h2-3,6,14H,4-5,7,12-13H2,1H3. The molecule has 1 saturated carbocycles. The van der Waals surface area contributed by atoms with Crippen LogP contribution in [0.3, 0.4) is 0 Å². The molecule has 0 unspecified atom stereocenters. The van der Waals surface area contributed by atoms with Crippen molar-refractivity contribution in [3.05, 3.63) is 18.2 Å².